The second kappa shape index (κ2) is 4.16. The monoisotopic (exact) mass is 306 g/mol. The third-order valence-corrected chi connectivity index (χ3v) is 3.74. The average Bonchev–Trinajstić information content (AvgIpc) is 2.12. The van der Waals surface area contributed by atoms with E-state index in [2.05, 4.69) is 22.6 Å². The number of benzene rings is 1. The maximum atomic E-state index is 11.0. The van der Waals surface area contributed by atoms with Crippen LogP contribution < -0.4 is 4.74 Å². The first kappa shape index (κ1) is 11.3. The SMILES string of the molecule is COc1cc(C)c(I)c(C)c1C(=O)O. The molecule has 0 fully saturated rings. The molecule has 14 heavy (non-hydrogen) atoms. The van der Waals surface area contributed by atoms with Gasteiger partial charge in [-0.05, 0) is 53.6 Å². The number of rotatable bonds is 2. The Balaban J connectivity index is 3.53. The van der Waals surface area contributed by atoms with Crippen molar-refractivity contribution in [3.63, 3.8) is 0 Å². The summed E-state index contributed by atoms with van der Waals surface area (Å²) in [5.41, 5.74) is 2.04. The van der Waals surface area contributed by atoms with E-state index in [1.165, 1.54) is 7.11 Å². The third-order valence-electron chi connectivity index (χ3n) is 2.08. The van der Waals surface area contributed by atoms with E-state index >= 15 is 0 Å². The lowest BCUT2D eigenvalue weighted by molar-refractivity contribution is 0.0692. The summed E-state index contributed by atoms with van der Waals surface area (Å²) < 4.78 is 6.01. The van der Waals surface area contributed by atoms with Gasteiger partial charge < -0.3 is 9.84 Å². The zero-order valence-corrected chi connectivity index (χ0v) is 10.4. The molecule has 4 heteroatoms. The van der Waals surface area contributed by atoms with Crippen molar-refractivity contribution in [1.82, 2.24) is 0 Å². The fourth-order valence-electron chi connectivity index (χ4n) is 1.35. The molecule has 0 aliphatic heterocycles. The van der Waals surface area contributed by atoms with Crippen LogP contribution in [0.2, 0.25) is 0 Å². The lowest BCUT2D eigenvalue weighted by Crippen LogP contribution is -2.06. The summed E-state index contributed by atoms with van der Waals surface area (Å²) in [6, 6.07) is 1.75. The number of hydrogen-bond acceptors (Lipinski definition) is 2. The molecule has 0 spiro atoms. The van der Waals surface area contributed by atoms with Crippen molar-refractivity contribution in [2.75, 3.05) is 7.11 Å². The Morgan fingerprint density at radius 1 is 1.50 bits per heavy atom. The largest absolute Gasteiger partial charge is 0.496 e. The molecule has 0 saturated heterocycles. The molecule has 0 aromatic heterocycles. The van der Waals surface area contributed by atoms with Crippen LogP contribution in [-0.4, -0.2) is 18.2 Å². The van der Waals surface area contributed by atoms with Crippen LogP contribution in [0, 0.1) is 17.4 Å². The normalized spacial score (nSPS) is 10.0. The molecule has 0 saturated carbocycles. The van der Waals surface area contributed by atoms with Gasteiger partial charge in [0.15, 0.2) is 0 Å². The summed E-state index contributed by atoms with van der Waals surface area (Å²) in [4.78, 5) is 11.0. The van der Waals surface area contributed by atoms with E-state index in [1.54, 1.807) is 13.0 Å². The van der Waals surface area contributed by atoms with Gasteiger partial charge in [-0.2, -0.15) is 0 Å². The molecule has 0 unspecified atom stereocenters. The number of ether oxygens (including phenoxy) is 1. The molecule has 1 N–H and O–H groups in total. The summed E-state index contributed by atoms with van der Waals surface area (Å²) in [6.45, 7) is 3.73. The Morgan fingerprint density at radius 3 is 2.50 bits per heavy atom. The molecule has 1 rings (SSSR count). The first-order valence-corrected chi connectivity index (χ1v) is 5.14. The highest BCUT2D eigenvalue weighted by atomic mass is 127. The second-order valence-electron chi connectivity index (χ2n) is 3.01. The van der Waals surface area contributed by atoms with Gasteiger partial charge in [-0.25, -0.2) is 4.79 Å². The van der Waals surface area contributed by atoms with Gasteiger partial charge in [-0.3, -0.25) is 0 Å². The van der Waals surface area contributed by atoms with E-state index in [4.69, 9.17) is 9.84 Å². The Hall–Kier alpha value is -0.780. The van der Waals surface area contributed by atoms with Crippen LogP contribution in [-0.2, 0) is 0 Å². The van der Waals surface area contributed by atoms with Crippen molar-refractivity contribution in [3.8, 4) is 5.75 Å². The summed E-state index contributed by atoms with van der Waals surface area (Å²) in [6.07, 6.45) is 0. The Morgan fingerprint density at radius 2 is 2.07 bits per heavy atom. The molecular weight excluding hydrogens is 295 g/mol. The Labute approximate surface area is 96.2 Å². The van der Waals surface area contributed by atoms with E-state index in [0.29, 0.717) is 5.75 Å². The first-order valence-electron chi connectivity index (χ1n) is 4.06. The lowest BCUT2D eigenvalue weighted by Gasteiger charge is -2.11. The molecule has 3 nitrogen and oxygen atoms in total. The fraction of sp³-hybridized carbons (Fsp3) is 0.300. The van der Waals surface area contributed by atoms with E-state index < -0.39 is 5.97 Å². The number of aromatic carboxylic acids is 1. The average molecular weight is 306 g/mol. The molecule has 1 aromatic carbocycles. The highest BCUT2D eigenvalue weighted by Gasteiger charge is 2.17. The van der Waals surface area contributed by atoms with E-state index in [0.717, 1.165) is 14.7 Å². The summed E-state index contributed by atoms with van der Waals surface area (Å²) in [5, 5.41) is 9.01. The molecule has 76 valence electrons. The first-order chi connectivity index (χ1) is 6.49. The van der Waals surface area contributed by atoms with Crippen LogP contribution in [0.5, 0.6) is 5.75 Å². The molecule has 0 heterocycles. The van der Waals surface area contributed by atoms with E-state index in [9.17, 15) is 4.79 Å². The minimum atomic E-state index is -0.947. The number of carboxylic acids is 1. The zero-order chi connectivity index (χ0) is 10.9. The molecular formula is C10H11IO3. The van der Waals surface area contributed by atoms with E-state index in [1.807, 2.05) is 6.92 Å². The molecule has 0 aliphatic carbocycles. The van der Waals surface area contributed by atoms with Gasteiger partial charge in [-0.1, -0.05) is 0 Å². The minimum absolute atomic E-state index is 0.252. The predicted octanol–water partition coefficient (Wildman–Crippen LogP) is 2.61. The quantitative estimate of drug-likeness (QED) is 0.854. The van der Waals surface area contributed by atoms with Gasteiger partial charge in [0.25, 0.3) is 0 Å². The Kier molecular flexibility index (Phi) is 3.36. The molecule has 0 radical (unpaired) electrons. The third kappa shape index (κ3) is 1.84. The van der Waals surface area contributed by atoms with Crippen LogP contribution in [0.3, 0.4) is 0 Å². The molecule has 0 amide bonds. The minimum Gasteiger partial charge on any atom is -0.496 e. The fourth-order valence-corrected chi connectivity index (χ4v) is 1.77. The summed E-state index contributed by atoms with van der Waals surface area (Å²) in [5.74, 6) is -0.523. The number of aryl methyl sites for hydroxylation is 1. The van der Waals surface area contributed by atoms with Gasteiger partial charge in [0, 0.05) is 3.57 Å². The standard InChI is InChI=1S/C10H11IO3/c1-5-4-7(14-3)8(10(12)13)6(2)9(5)11/h4H,1-3H3,(H,12,13). The highest BCUT2D eigenvalue weighted by molar-refractivity contribution is 14.1. The number of carboxylic acid groups (broad SMARTS) is 1. The van der Waals surface area contributed by atoms with Gasteiger partial charge >= 0.3 is 5.97 Å². The van der Waals surface area contributed by atoms with Gasteiger partial charge in [0.1, 0.15) is 11.3 Å². The van der Waals surface area contributed by atoms with Gasteiger partial charge in [0.2, 0.25) is 0 Å². The molecule has 0 aliphatic rings. The highest BCUT2D eigenvalue weighted by Crippen LogP contribution is 2.29. The summed E-state index contributed by atoms with van der Waals surface area (Å²) >= 11 is 2.14. The Bertz CT molecular complexity index is 385. The predicted molar refractivity (Wildman–Crippen MR) is 62.1 cm³/mol. The van der Waals surface area contributed by atoms with Crippen molar-refractivity contribution < 1.29 is 14.6 Å². The van der Waals surface area contributed by atoms with Crippen LogP contribution in [0.15, 0.2) is 6.07 Å². The topological polar surface area (TPSA) is 46.5 Å². The summed E-state index contributed by atoms with van der Waals surface area (Å²) in [7, 11) is 1.48. The smallest absolute Gasteiger partial charge is 0.339 e. The van der Waals surface area contributed by atoms with Crippen molar-refractivity contribution in [3.05, 3.63) is 26.3 Å². The number of methoxy groups -OCH3 is 1. The van der Waals surface area contributed by atoms with Crippen molar-refractivity contribution in [2.24, 2.45) is 0 Å². The van der Waals surface area contributed by atoms with Crippen molar-refractivity contribution >= 4 is 28.6 Å². The van der Waals surface area contributed by atoms with Crippen LogP contribution >= 0.6 is 22.6 Å². The molecule has 0 bridgehead atoms. The maximum absolute atomic E-state index is 11.0. The van der Waals surface area contributed by atoms with Crippen molar-refractivity contribution in [2.45, 2.75) is 13.8 Å². The van der Waals surface area contributed by atoms with Crippen molar-refractivity contribution in [1.29, 1.82) is 0 Å². The number of carbonyl (C=O) groups is 1. The lowest BCUT2D eigenvalue weighted by atomic mass is 10.0. The second-order valence-corrected chi connectivity index (χ2v) is 4.09. The number of hydrogen-bond donors (Lipinski definition) is 1. The molecule has 1 aromatic rings. The zero-order valence-electron chi connectivity index (χ0n) is 8.22. The van der Waals surface area contributed by atoms with Crippen LogP contribution in [0.1, 0.15) is 21.5 Å². The van der Waals surface area contributed by atoms with Crippen LogP contribution in [0.4, 0.5) is 0 Å². The maximum Gasteiger partial charge on any atom is 0.339 e. The van der Waals surface area contributed by atoms with Gasteiger partial charge in [0.05, 0.1) is 7.11 Å². The van der Waals surface area contributed by atoms with Gasteiger partial charge in [-0.15, -0.1) is 0 Å². The number of halogens is 1. The molecule has 0 atom stereocenters. The van der Waals surface area contributed by atoms with E-state index in [-0.39, 0.29) is 5.56 Å². The van der Waals surface area contributed by atoms with Crippen LogP contribution in [0.25, 0.3) is 0 Å².